The van der Waals surface area contributed by atoms with Crippen molar-refractivity contribution in [3.8, 4) is 0 Å². The number of hydrogen-bond donors (Lipinski definition) is 1. The van der Waals surface area contributed by atoms with E-state index in [9.17, 15) is 8.42 Å². The van der Waals surface area contributed by atoms with Crippen LogP contribution < -0.4 is 5.73 Å². The SMILES string of the molecule is CCc1c(N)ccc(S(=O)(=O)c2ccccc2)c1CC. The van der Waals surface area contributed by atoms with E-state index >= 15 is 0 Å². The van der Waals surface area contributed by atoms with Crippen LogP contribution in [0.2, 0.25) is 0 Å². The van der Waals surface area contributed by atoms with Gasteiger partial charge in [0, 0.05) is 5.69 Å². The van der Waals surface area contributed by atoms with Crippen LogP contribution in [0.15, 0.2) is 52.3 Å². The molecule has 2 N–H and O–H groups in total. The van der Waals surface area contributed by atoms with Crippen LogP contribution in [0.5, 0.6) is 0 Å². The van der Waals surface area contributed by atoms with E-state index in [1.807, 2.05) is 13.8 Å². The monoisotopic (exact) mass is 289 g/mol. The predicted octanol–water partition coefficient (Wildman–Crippen LogP) is 3.23. The highest BCUT2D eigenvalue weighted by Gasteiger charge is 2.22. The van der Waals surface area contributed by atoms with Gasteiger partial charge in [0.2, 0.25) is 9.84 Å². The zero-order valence-electron chi connectivity index (χ0n) is 11.8. The van der Waals surface area contributed by atoms with Crippen LogP contribution in [0.3, 0.4) is 0 Å². The minimum absolute atomic E-state index is 0.321. The Morgan fingerprint density at radius 1 is 0.900 bits per heavy atom. The molecule has 0 aliphatic carbocycles. The molecule has 2 aromatic rings. The molecule has 0 amide bonds. The van der Waals surface area contributed by atoms with Gasteiger partial charge in [0.1, 0.15) is 0 Å². The highest BCUT2D eigenvalue weighted by molar-refractivity contribution is 7.91. The van der Waals surface area contributed by atoms with Crippen molar-refractivity contribution in [1.82, 2.24) is 0 Å². The summed E-state index contributed by atoms with van der Waals surface area (Å²) >= 11 is 0. The van der Waals surface area contributed by atoms with Gasteiger partial charge in [0.25, 0.3) is 0 Å². The lowest BCUT2D eigenvalue weighted by atomic mass is 10.0. The van der Waals surface area contributed by atoms with Crippen LogP contribution in [0.4, 0.5) is 5.69 Å². The van der Waals surface area contributed by atoms with Crippen LogP contribution >= 0.6 is 0 Å². The zero-order chi connectivity index (χ0) is 14.8. The predicted molar refractivity (Wildman–Crippen MR) is 81.5 cm³/mol. The smallest absolute Gasteiger partial charge is 0.206 e. The van der Waals surface area contributed by atoms with E-state index in [2.05, 4.69) is 0 Å². The van der Waals surface area contributed by atoms with E-state index in [0.717, 1.165) is 17.5 Å². The van der Waals surface area contributed by atoms with Crippen LogP contribution in [-0.2, 0) is 22.7 Å². The number of anilines is 1. The summed E-state index contributed by atoms with van der Waals surface area (Å²) < 4.78 is 25.5. The summed E-state index contributed by atoms with van der Waals surface area (Å²) in [4.78, 5) is 0.693. The van der Waals surface area contributed by atoms with Crippen molar-refractivity contribution >= 4 is 15.5 Å². The second-order valence-electron chi connectivity index (χ2n) is 4.63. The fourth-order valence-electron chi connectivity index (χ4n) is 2.47. The summed E-state index contributed by atoms with van der Waals surface area (Å²) in [6.45, 7) is 3.95. The second kappa shape index (κ2) is 5.67. The zero-order valence-corrected chi connectivity index (χ0v) is 12.6. The third-order valence-corrected chi connectivity index (χ3v) is 5.33. The number of nitrogens with two attached hydrogens (primary N) is 1. The van der Waals surface area contributed by atoms with Crippen LogP contribution in [-0.4, -0.2) is 8.42 Å². The Morgan fingerprint density at radius 3 is 2.05 bits per heavy atom. The molecule has 0 fully saturated rings. The van der Waals surface area contributed by atoms with Gasteiger partial charge in [-0.05, 0) is 48.2 Å². The first-order valence-corrected chi connectivity index (χ1v) is 8.21. The lowest BCUT2D eigenvalue weighted by Gasteiger charge is -2.15. The summed E-state index contributed by atoms with van der Waals surface area (Å²) in [6.07, 6.45) is 1.38. The molecule has 0 heterocycles. The third-order valence-electron chi connectivity index (χ3n) is 3.47. The van der Waals surface area contributed by atoms with Crippen molar-refractivity contribution in [2.75, 3.05) is 5.73 Å². The maximum absolute atomic E-state index is 12.8. The molecule has 0 radical (unpaired) electrons. The molecule has 2 aromatic carbocycles. The van der Waals surface area contributed by atoms with Crippen molar-refractivity contribution in [1.29, 1.82) is 0 Å². The highest BCUT2D eigenvalue weighted by atomic mass is 32.2. The summed E-state index contributed by atoms with van der Waals surface area (Å²) in [5.74, 6) is 0. The molecule has 0 bridgehead atoms. The topological polar surface area (TPSA) is 60.2 Å². The summed E-state index contributed by atoms with van der Waals surface area (Å²) in [7, 11) is -3.49. The van der Waals surface area contributed by atoms with Crippen molar-refractivity contribution in [3.05, 3.63) is 53.6 Å². The van der Waals surface area contributed by atoms with Gasteiger partial charge in [-0.15, -0.1) is 0 Å². The highest BCUT2D eigenvalue weighted by Crippen LogP contribution is 2.30. The molecule has 0 aliphatic heterocycles. The fraction of sp³-hybridized carbons (Fsp3) is 0.250. The molecule has 2 rings (SSSR count). The average molecular weight is 289 g/mol. The Morgan fingerprint density at radius 2 is 1.50 bits per heavy atom. The van der Waals surface area contributed by atoms with Gasteiger partial charge in [-0.2, -0.15) is 0 Å². The lowest BCUT2D eigenvalue weighted by Crippen LogP contribution is -2.09. The van der Waals surface area contributed by atoms with Gasteiger partial charge in [0.05, 0.1) is 9.79 Å². The molecular formula is C16H19NO2S. The van der Waals surface area contributed by atoms with Gasteiger partial charge in [-0.1, -0.05) is 32.0 Å². The molecule has 0 saturated heterocycles. The Labute approximate surface area is 120 Å². The van der Waals surface area contributed by atoms with Gasteiger partial charge < -0.3 is 5.73 Å². The molecule has 20 heavy (non-hydrogen) atoms. The average Bonchev–Trinajstić information content (AvgIpc) is 2.47. The van der Waals surface area contributed by atoms with Crippen molar-refractivity contribution < 1.29 is 8.42 Å². The molecule has 0 spiro atoms. The summed E-state index contributed by atoms with van der Waals surface area (Å²) in [5.41, 5.74) is 8.39. The Balaban J connectivity index is 2.70. The van der Waals surface area contributed by atoms with E-state index in [-0.39, 0.29) is 0 Å². The third kappa shape index (κ3) is 2.43. The normalized spacial score (nSPS) is 11.5. The van der Waals surface area contributed by atoms with E-state index in [0.29, 0.717) is 21.9 Å². The van der Waals surface area contributed by atoms with E-state index < -0.39 is 9.84 Å². The van der Waals surface area contributed by atoms with Gasteiger partial charge >= 0.3 is 0 Å². The first-order valence-electron chi connectivity index (χ1n) is 6.72. The number of hydrogen-bond acceptors (Lipinski definition) is 3. The van der Waals surface area contributed by atoms with Crippen molar-refractivity contribution in [2.45, 2.75) is 36.5 Å². The Bertz CT molecular complexity index is 707. The molecule has 3 nitrogen and oxygen atoms in total. The minimum atomic E-state index is -3.49. The molecule has 0 saturated carbocycles. The first kappa shape index (κ1) is 14.6. The molecule has 0 aromatic heterocycles. The van der Waals surface area contributed by atoms with Gasteiger partial charge in [-0.3, -0.25) is 0 Å². The molecule has 106 valence electrons. The molecule has 0 atom stereocenters. The number of nitrogen functional groups attached to an aromatic ring is 1. The largest absolute Gasteiger partial charge is 0.398 e. The maximum Gasteiger partial charge on any atom is 0.206 e. The van der Waals surface area contributed by atoms with E-state index in [1.54, 1.807) is 42.5 Å². The van der Waals surface area contributed by atoms with Crippen LogP contribution in [0.25, 0.3) is 0 Å². The van der Waals surface area contributed by atoms with E-state index in [1.165, 1.54) is 0 Å². The molecule has 4 heteroatoms. The van der Waals surface area contributed by atoms with Crippen LogP contribution in [0, 0.1) is 0 Å². The maximum atomic E-state index is 12.8. The Hall–Kier alpha value is -1.81. The number of benzene rings is 2. The molecule has 0 aliphatic rings. The first-order chi connectivity index (χ1) is 9.52. The quantitative estimate of drug-likeness (QED) is 0.879. The Kier molecular flexibility index (Phi) is 4.14. The number of sulfone groups is 1. The van der Waals surface area contributed by atoms with Crippen LogP contribution in [0.1, 0.15) is 25.0 Å². The summed E-state index contributed by atoms with van der Waals surface area (Å²) in [6, 6.07) is 11.8. The van der Waals surface area contributed by atoms with Crippen molar-refractivity contribution in [2.24, 2.45) is 0 Å². The van der Waals surface area contributed by atoms with Crippen molar-refractivity contribution in [3.63, 3.8) is 0 Å². The molecular weight excluding hydrogens is 270 g/mol. The fourth-order valence-corrected chi connectivity index (χ4v) is 4.08. The van der Waals surface area contributed by atoms with E-state index in [4.69, 9.17) is 5.73 Å². The van der Waals surface area contributed by atoms with Gasteiger partial charge in [0.15, 0.2) is 0 Å². The number of rotatable bonds is 4. The second-order valence-corrected chi connectivity index (χ2v) is 6.55. The van der Waals surface area contributed by atoms with Gasteiger partial charge in [-0.25, -0.2) is 8.42 Å². The standard InChI is InChI=1S/C16H19NO2S/c1-3-13-14(4-2)16(11-10-15(13)17)20(18,19)12-8-6-5-7-9-12/h5-11H,3-4,17H2,1-2H3. The lowest BCUT2D eigenvalue weighted by molar-refractivity contribution is 0.595. The summed E-state index contributed by atoms with van der Waals surface area (Å²) in [5, 5.41) is 0. The molecule has 0 unspecified atom stereocenters. The minimum Gasteiger partial charge on any atom is -0.398 e.